The Morgan fingerprint density at radius 2 is 1.65 bits per heavy atom. The fourth-order valence-electron chi connectivity index (χ4n) is 1.95. The summed E-state index contributed by atoms with van der Waals surface area (Å²) in [5.41, 5.74) is 2.32. The van der Waals surface area contributed by atoms with Gasteiger partial charge in [-0.05, 0) is 42.3 Å². The van der Waals surface area contributed by atoms with Crippen molar-refractivity contribution in [3.63, 3.8) is 0 Å². The third-order valence-corrected chi connectivity index (χ3v) is 4.80. The normalized spacial score (nSPS) is 11.2. The molecule has 0 saturated carbocycles. The van der Waals surface area contributed by atoms with Crippen LogP contribution in [0.3, 0.4) is 0 Å². The molecule has 23 heavy (non-hydrogen) atoms. The lowest BCUT2D eigenvalue weighted by Crippen LogP contribution is -2.14. The zero-order chi connectivity index (χ0) is 17.0. The summed E-state index contributed by atoms with van der Waals surface area (Å²) < 4.78 is 0. The van der Waals surface area contributed by atoms with Crippen molar-refractivity contribution in [3.8, 4) is 0 Å². The van der Waals surface area contributed by atoms with Crippen molar-refractivity contribution in [2.75, 3.05) is 13.6 Å². The third-order valence-electron chi connectivity index (χ3n) is 3.44. The van der Waals surface area contributed by atoms with Crippen LogP contribution in [0.1, 0.15) is 18.1 Å². The highest BCUT2D eigenvalue weighted by Crippen LogP contribution is 2.35. The van der Waals surface area contributed by atoms with E-state index in [-0.39, 0.29) is 0 Å². The highest BCUT2D eigenvalue weighted by Gasteiger charge is 2.12. The van der Waals surface area contributed by atoms with E-state index < -0.39 is 0 Å². The van der Waals surface area contributed by atoms with E-state index in [1.165, 1.54) is 0 Å². The first kappa shape index (κ1) is 18.4. The Bertz CT molecular complexity index is 709. The van der Waals surface area contributed by atoms with Crippen molar-refractivity contribution >= 4 is 58.4 Å². The average molecular weight is 390 g/mol. The fourth-order valence-corrected chi connectivity index (χ4v) is 2.94. The van der Waals surface area contributed by atoms with Gasteiger partial charge in [0.05, 0.1) is 17.0 Å². The van der Waals surface area contributed by atoms with Crippen molar-refractivity contribution in [1.29, 1.82) is 0 Å². The van der Waals surface area contributed by atoms with Gasteiger partial charge in [0.25, 0.3) is 0 Å². The lowest BCUT2D eigenvalue weighted by Gasteiger charge is -2.11. The summed E-state index contributed by atoms with van der Waals surface area (Å²) in [6, 6.07) is 8.98. The molecule has 6 heteroatoms. The van der Waals surface area contributed by atoms with Gasteiger partial charge in [-0.15, -0.1) is 0 Å². The molecule has 0 aliphatic heterocycles. The van der Waals surface area contributed by atoms with Crippen LogP contribution in [-0.2, 0) is 6.42 Å². The molecular weight excluding hydrogens is 374 g/mol. The number of rotatable bonds is 5. The second-order valence-corrected chi connectivity index (χ2v) is 6.72. The zero-order valence-corrected chi connectivity index (χ0v) is 15.8. The Labute approximate surface area is 156 Å². The predicted octanol–water partition coefficient (Wildman–Crippen LogP) is 6.50. The van der Waals surface area contributed by atoms with Gasteiger partial charge in [-0.2, -0.15) is 0 Å². The van der Waals surface area contributed by atoms with Gasteiger partial charge in [0, 0.05) is 35.1 Å². The molecule has 0 aliphatic carbocycles. The summed E-state index contributed by atoms with van der Waals surface area (Å²) in [5, 5.41) is 2.33. The van der Waals surface area contributed by atoms with Crippen molar-refractivity contribution in [1.82, 2.24) is 4.90 Å². The first-order valence-electron chi connectivity index (χ1n) is 7.07. The maximum atomic E-state index is 6.37. The van der Waals surface area contributed by atoms with Crippen LogP contribution in [0.5, 0.6) is 0 Å². The lowest BCUT2D eigenvalue weighted by atomic mass is 10.0. The van der Waals surface area contributed by atoms with E-state index in [9.17, 15) is 0 Å². The van der Waals surface area contributed by atoms with Crippen LogP contribution in [-0.4, -0.2) is 24.8 Å². The SMILES string of the molecule is CCN(C)C=Nc1cc(Cl)c(Cc2c(Cl)cccc2Cl)cc1Cl. The Kier molecular flexibility index (Phi) is 6.60. The molecule has 0 unspecified atom stereocenters. The number of hydrogen-bond acceptors (Lipinski definition) is 1. The summed E-state index contributed by atoms with van der Waals surface area (Å²) in [7, 11) is 1.94. The van der Waals surface area contributed by atoms with Crippen molar-refractivity contribution in [2.45, 2.75) is 13.3 Å². The minimum atomic E-state index is 0.510. The third kappa shape index (κ3) is 4.77. The minimum absolute atomic E-state index is 0.510. The first-order valence-corrected chi connectivity index (χ1v) is 8.58. The van der Waals surface area contributed by atoms with Crippen LogP contribution in [0.2, 0.25) is 20.1 Å². The summed E-state index contributed by atoms with van der Waals surface area (Å²) in [5.74, 6) is 0. The molecule has 2 aromatic rings. The second kappa shape index (κ2) is 8.25. The molecular formula is C17H16Cl4N2. The molecule has 0 radical (unpaired) electrons. The molecule has 0 aliphatic rings. The standard InChI is InChI=1S/C17H16Cl4N2/c1-3-23(2)10-22-17-9-15(20)11(8-16(17)21)7-12-13(18)5-4-6-14(12)19/h4-6,8-10H,3,7H2,1-2H3. The summed E-state index contributed by atoms with van der Waals surface area (Å²) in [6.45, 7) is 2.90. The number of halogens is 4. The summed E-state index contributed by atoms with van der Waals surface area (Å²) in [4.78, 5) is 6.30. The quantitative estimate of drug-likeness (QED) is 0.420. The Morgan fingerprint density at radius 3 is 2.26 bits per heavy atom. The number of hydrogen-bond donors (Lipinski definition) is 0. The molecule has 0 atom stereocenters. The van der Waals surface area contributed by atoms with E-state index in [2.05, 4.69) is 4.99 Å². The molecule has 2 aromatic carbocycles. The maximum Gasteiger partial charge on any atom is 0.0910 e. The van der Waals surface area contributed by atoms with Gasteiger partial charge in [-0.25, -0.2) is 4.99 Å². The van der Waals surface area contributed by atoms with Crippen molar-refractivity contribution in [3.05, 3.63) is 61.5 Å². The van der Waals surface area contributed by atoms with Gasteiger partial charge >= 0.3 is 0 Å². The van der Waals surface area contributed by atoms with Crippen LogP contribution in [0.25, 0.3) is 0 Å². The van der Waals surface area contributed by atoms with Gasteiger partial charge in [-0.3, -0.25) is 0 Å². The first-order chi connectivity index (χ1) is 10.9. The molecule has 2 nitrogen and oxygen atoms in total. The Morgan fingerprint density at radius 1 is 1.00 bits per heavy atom. The van der Waals surface area contributed by atoms with Crippen LogP contribution < -0.4 is 0 Å². The molecule has 0 fully saturated rings. The number of benzene rings is 2. The van der Waals surface area contributed by atoms with Crippen molar-refractivity contribution in [2.24, 2.45) is 4.99 Å². The van der Waals surface area contributed by atoms with E-state index >= 15 is 0 Å². The Hall–Kier alpha value is -0.930. The topological polar surface area (TPSA) is 15.6 Å². The van der Waals surface area contributed by atoms with Gasteiger partial charge in [-0.1, -0.05) is 52.5 Å². The van der Waals surface area contributed by atoms with Crippen LogP contribution in [0.4, 0.5) is 5.69 Å². The zero-order valence-electron chi connectivity index (χ0n) is 12.8. The molecule has 2 rings (SSSR count). The smallest absolute Gasteiger partial charge is 0.0910 e. The largest absolute Gasteiger partial charge is 0.366 e. The van der Waals surface area contributed by atoms with E-state index in [0.717, 1.165) is 17.7 Å². The molecule has 0 spiro atoms. The highest BCUT2D eigenvalue weighted by molar-refractivity contribution is 6.37. The average Bonchev–Trinajstić information content (AvgIpc) is 2.52. The Balaban J connectivity index is 2.32. The molecule has 122 valence electrons. The molecule has 0 bridgehead atoms. The molecule has 0 heterocycles. The number of nitrogens with zero attached hydrogens (tertiary/aromatic N) is 2. The van der Waals surface area contributed by atoms with E-state index in [1.54, 1.807) is 24.5 Å². The van der Waals surface area contributed by atoms with Crippen LogP contribution in [0, 0.1) is 0 Å². The monoisotopic (exact) mass is 388 g/mol. The number of aliphatic imine (C=N–C) groups is 1. The molecule has 0 aromatic heterocycles. The molecule has 0 amide bonds. The van der Waals surface area contributed by atoms with Crippen LogP contribution in [0.15, 0.2) is 35.3 Å². The lowest BCUT2D eigenvalue weighted by molar-refractivity contribution is 0.552. The summed E-state index contributed by atoms with van der Waals surface area (Å²) >= 11 is 25.1. The summed E-state index contributed by atoms with van der Waals surface area (Å²) in [6.07, 6.45) is 2.23. The van der Waals surface area contributed by atoms with Gasteiger partial charge < -0.3 is 4.90 Å². The van der Waals surface area contributed by atoms with Crippen LogP contribution >= 0.6 is 46.4 Å². The highest BCUT2D eigenvalue weighted by atomic mass is 35.5. The molecule has 0 N–H and O–H groups in total. The van der Waals surface area contributed by atoms with Gasteiger partial charge in [0.2, 0.25) is 0 Å². The maximum absolute atomic E-state index is 6.37. The van der Waals surface area contributed by atoms with E-state index in [0.29, 0.717) is 32.2 Å². The predicted molar refractivity (Wildman–Crippen MR) is 102 cm³/mol. The second-order valence-electron chi connectivity index (χ2n) is 5.09. The van der Waals surface area contributed by atoms with Gasteiger partial charge in [0.1, 0.15) is 0 Å². The molecule has 0 saturated heterocycles. The minimum Gasteiger partial charge on any atom is -0.366 e. The van der Waals surface area contributed by atoms with Crippen molar-refractivity contribution < 1.29 is 0 Å². The van der Waals surface area contributed by atoms with E-state index in [4.69, 9.17) is 46.4 Å². The van der Waals surface area contributed by atoms with Gasteiger partial charge in [0.15, 0.2) is 0 Å². The van der Waals surface area contributed by atoms with E-state index in [1.807, 2.05) is 31.0 Å². The fraction of sp³-hybridized carbons (Fsp3) is 0.235.